The normalized spacial score (nSPS) is 12.2. The van der Waals surface area contributed by atoms with Crippen LogP contribution in [0.5, 0.6) is 0 Å². The van der Waals surface area contributed by atoms with Crippen LogP contribution >= 0.6 is 0 Å². The monoisotopic (exact) mass is 329 g/mol. The number of hydrogen-bond acceptors (Lipinski definition) is 3. The first-order valence-electron chi connectivity index (χ1n) is 6.93. The van der Waals surface area contributed by atoms with Crippen LogP contribution in [0.25, 0.3) is 11.0 Å². The van der Waals surface area contributed by atoms with Gasteiger partial charge in [0.2, 0.25) is 0 Å². The number of carbonyl (C=O) groups excluding carboxylic acids is 1. The number of imidazole rings is 1. The second-order valence-electron chi connectivity index (χ2n) is 5.21. The zero-order chi connectivity index (χ0) is 16.4. The molecule has 6 nitrogen and oxygen atoms in total. The van der Waals surface area contributed by atoms with E-state index in [0.29, 0.717) is 28.0 Å². The molecule has 118 valence electrons. The van der Waals surface area contributed by atoms with E-state index in [1.165, 1.54) is 0 Å². The largest absolute Gasteiger partial charge is 0.323 e. The summed E-state index contributed by atoms with van der Waals surface area (Å²) < 4.78 is 11.3. The molecule has 2 aromatic carbocycles. The predicted octanol–water partition coefficient (Wildman–Crippen LogP) is 1.99. The van der Waals surface area contributed by atoms with Crippen molar-refractivity contribution in [1.82, 2.24) is 9.97 Å². The average molecular weight is 329 g/mol. The third-order valence-corrected chi connectivity index (χ3v) is 4.07. The molecule has 7 heteroatoms. The van der Waals surface area contributed by atoms with Crippen molar-refractivity contribution in [3.63, 3.8) is 0 Å². The summed E-state index contributed by atoms with van der Waals surface area (Å²) in [6.45, 7) is 0. The van der Waals surface area contributed by atoms with Gasteiger partial charge in [0.15, 0.2) is 0 Å². The summed E-state index contributed by atoms with van der Waals surface area (Å²) >= 11 is 0. The Labute approximate surface area is 134 Å². The van der Waals surface area contributed by atoms with E-state index in [4.69, 9.17) is 0 Å². The van der Waals surface area contributed by atoms with Gasteiger partial charge in [0.05, 0.1) is 11.0 Å². The van der Waals surface area contributed by atoms with Gasteiger partial charge in [-0.05, 0) is 35.9 Å². The Morgan fingerprint density at radius 1 is 1.13 bits per heavy atom. The van der Waals surface area contributed by atoms with Crippen LogP contribution in [0.4, 0.5) is 5.69 Å². The summed E-state index contributed by atoms with van der Waals surface area (Å²) in [5.74, 6) is 0.156. The highest BCUT2D eigenvalue weighted by Gasteiger charge is 2.08. The molecule has 0 saturated carbocycles. The van der Waals surface area contributed by atoms with Crippen molar-refractivity contribution in [1.29, 1.82) is 0 Å². The van der Waals surface area contributed by atoms with Crippen molar-refractivity contribution >= 4 is 33.4 Å². The summed E-state index contributed by atoms with van der Waals surface area (Å²) in [5.41, 5.74) is 2.95. The van der Waals surface area contributed by atoms with Crippen molar-refractivity contribution in [2.75, 3.05) is 11.6 Å². The zero-order valence-electron chi connectivity index (χ0n) is 12.4. The van der Waals surface area contributed by atoms with E-state index < -0.39 is 10.8 Å². The number of amides is 1. The highest BCUT2D eigenvalue weighted by molar-refractivity contribution is 7.83. The fourth-order valence-corrected chi connectivity index (χ4v) is 3.00. The van der Waals surface area contributed by atoms with Crippen molar-refractivity contribution < 1.29 is 9.00 Å². The SMILES string of the molecule is CS(=O)Cc1cccc(C(=O)Nc2ccc3[nH]c(=O)[nH]c3c2)c1. The first kappa shape index (κ1) is 15.2. The molecule has 1 heterocycles. The Hall–Kier alpha value is -2.67. The molecule has 1 atom stereocenters. The Kier molecular flexibility index (Phi) is 4.12. The van der Waals surface area contributed by atoms with Crippen LogP contribution < -0.4 is 11.0 Å². The van der Waals surface area contributed by atoms with Gasteiger partial charge >= 0.3 is 5.69 Å². The third-order valence-electron chi connectivity index (χ3n) is 3.33. The Morgan fingerprint density at radius 2 is 1.91 bits per heavy atom. The van der Waals surface area contributed by atoms with Crippen molar-refractivity contribution in [2.24, 2.45) is 0 Å². The van der Waals surface area contributed by atoms with E-state index in [1.54, 1.807) is 42.7 Å². The summed E-state index contributed by atoms with van der Waals surface area (Å²) in [5, 5.41) is 2.79. The summed E-state index contributed by atoms with van der Waals surface area (Å²) in [6, 6.07) is 12.2. The number of H-pyrrole nitrogens is 2. The van der Waals surface area contributed by atoms with E-state index in [0.717, 1.165) is 5.56 Å². The minimum Gasteiger partial charge on any atom is -0.322 e. The minimum atomic E-state index is -0.958. The maximum atomic E-state index is 12.3. The highest BCUT2D eigenvalue weighted by Crippen LogP contribution is 2.16. The third kappa shape index (κ3) is 3.57. The quantitative estimate of drug-likeness (QED) is 0.683. The smallest absolute Gasteiger partial charge is 0.322 e. The fourth-order valence-electron chi connectivity index (χ4n) is 2.35. The molecule has 0 spiro atoms. The van der Waals surface area contributed by atoms with Gasteiger partial charge < -0.3 is 15.3 Å². The van der Waals surface area contributed by atoms with E-state index in [-0.39, 0.29) is 11.6 Å². The molecular weight excluding hydrogens is 314 g/mol. The molecule has 1 unspecified atom stereocenters. The lowest BCUT2D eigenvalue weighted by molar-refractivity contribution is 0.102. The van der Waals surface area contributed by atoms with Gasteiger partial charge in [-0.1, -0.05) is 12.1 Å². The van der Waals surface area contributed by atoms with E-state index in [9.17, 15) is 13.8 Å². The number of carbonyl (C=O) groups is 1. The topological polar surface area (TPSA) is 94.8 Å². The van der Waals surface area contributed by atoms with Gasteiger partial charge in [-0.3, -0.25) is 9.00 Å². The van der Waals surface area contributed by atoms with Crippen LogP contribution in [0, 0.1) is 0 Å². The number of hydrogen-bond donors (Lipinski definition) is 3. The average Bonchev–Trinajstić information content (AvgIpc) is 2.86. The molecule has 1 amide bonds. The van der Waals surface area contributed by atoms with E-state index in [1.807, 2.05) is 6.07 Å². The Bertz CT molecular complexity index is 958. The van der Waals surface area contributed by atoms with Crippen molar-refractivity contribution in [3.05, 3.63) is 64.1 Å². The summed E-state index contributed by atoms with van der Waals surface area (Å²) in [7, 11) is -0.958. The molecule has 3 aromatic rings. The number of anilines is 1. The molecule has 1 aromatic heterocycles. The number of rotatable bonds is 4. The van der Waals surface area contributed by atoms with Gasteiger partial charge in [-0.25, -0.2) is 4.79 Å². The second kappa shape index (κ2) is 6.21. The lowest BCUT2D eigenvalue weighted by Gasteiger charge is -2.07. The number of nitrogens with one attached hydrogen (secondary N) is 3. The predicted molar refractivity (Wildman–Crippen MR) is 91.1 cm³/mol. The van der Waals surface area contributed by atoms with Gasteiger partial charge in [-0.15, -0.1) is 0 Å². The van der Waals surface area contributed by atoms with Gasteiger partial charge in [0.25, 0.3) is 5.91 Å². The molecule has 0 aliphatic heterocycles. The maximum Gasteiger partial charge on any atom is 0.323 e. The number of aromatic amines is 2. The molecular formula is C16H15N3O3S. The van der Waals surface area contributed by atoms with Crippen LogP contribution in [-0.4, -0.2) is 26.3 Å². The van der Waals surface area contributed by atoms with Crippen LogP contribution in [-0.2, 0) is 16.6 Å². The highest BCUT2D eigenvalue weighted by atomic mass is 32.2. The van der Waals surface area contributed by atoms with Crippen LogP contribution in [0.2, 0.25) is 0 Å². The lowest BCUT2D eigenvalue weighted by atomic mass is 10.1. The minimum absolute atomic E-state index is 0.258. The number of fused-ring (bicyclic) bond motifs is 1. The van der Waals surface area contributed by atoms with Crippen LogP contribution in [0.15, 0.2) is 47.3 Å². The Morgan fingerprint density at radius 3 is 2.70 bits per heavy atom. The van der Waals surface area contributed by atoms with Crippen molar-refractivity contribution in [2.45, 2.75) is 5.75 Å². The molecule has 0 radical (unpaired) electrons. The van der Waals surface area contributed by atoms with Gasteiger partial charge in [-0.2, -0.15) is 0 Å². The second-order valence-corrected chi connectivity index (χ2v) is 6.65. The number of aromatic nitrogens is 2. The molecule has 3 rings (SSSR count). The van der Waals surface area contributed by atoms with Gasteiger partial charge in [0, 0.05) is 34.1 Å². The van der Waals surface area contributed by atoms with Gasteiger partial charge in [0.1, 0.15) is 0 Å². The molecule has 0 bridgehead atoms. The fraction of sp³-hybridized carbons (Fsp3) is 0.125. The standard InChI is InChI=1S/C16H15N3O3S/c1-23(22)9-10-3-2-4-11(7-10)15(20)17-12-5-6-13-14(8-12)19-16(21)18-13/h2-8H,9H2,1H3,(H,17,20)(H2,18,19,21). The molecule has 0 aliphatic rings. The molecule has 0 fully saturated rings. The summed E-state index contributed by atoms with van der Waals surface area (Å²) in [4.78, 5) is 28.9. The van der Waals surface area contributed by atoms with E-state index in [2.05, 4.69) is 15.3 Å². The first-order valence-corrected chi connectivity index (χ1v) is 8.66. The van der Waals surface area contributed by atoms with Crippen molar-refractivity contribution in [3.8, 4) is 0 Å². The molecule has 3 N–H and O–H groups in total. The molecule has 23 heavy (non-hydrogen) atoms. The zero-order valence-corrected chi connectivity index (χ0v) is 13.2. The molecule has 0 aliphatic carbocycles. The maximum absolute atomic E-state index is 12.3. The van der Waals surface area contributed by atoms with E-state index >= 15 is 0 Å². The first-order chi connectivity index (χ1) is 11.0. The van der Waals surface area contributed by atoms with Crippen LogP contribution in [0.3, 0.4) is 0 Å². The lowest BCUT2D eigenvalue weighted by Crippen LogP contribution is -2.12. The molecule has 0 saturated heterocycles. The number of benzene rings is 2. The summed E-state index contributed by atoms with van der Waals surface area (Å²) in [6.07, 6.45) is 1.62. The Balaban J connectivity index is 1.82. The van der Waals surface area contributed by atoms with Crippen LogP contribution in [0.1, 0.15) is 15.9 Å².